The highest BCUT2D eigenvalue weighted by molar-refractivity contribution is 6.31. The van der Waals surface area contributed by atoms with Gasteiger partial charge >= 0.3 is 0 Å². The second kappa shape index (κ2) is 8.18. The molecule has 0 spiro atoms. The number of methoxy groups -OCH3 is 1. The van der Waals surface area contributed by atoms with Crippen LogP contribution in [0, 0.1) is 0 Å². The lowest BCUT2D eigenvalue weighted by molar-refractivity contribution is 0.0948. The molecule has 1 aromatic heterocycles. The first kappa shape index (κ1) is 17.5. The molecule has 0 bridgehead atoms. The highest BCUT2D eigenvalue weighted by atomic mass is 35.5. The average molecular weight is 362 g/mol. The SMILES string of the molecule is COc1ccc(Cl)cc1C(=O)NCc1ccnc(N2CCOCC2)c1. The van der Waals surface area contributed by atoms with Crippen molar-refractivity contribution in [2.45, 2.75) is 6.54 Å². The minimum Gasteiger partial charge on any atom is -0.496 e. The van der Waals surface area contributed by atoms with Gasteiger partial charge < -0.3 is 19.7 Å². The Balaban J connectivity index is 1.67. The van der Waals surface area contributed by atoms with Crippen LogP contribution < -0.4 is 15.0 Å². The number of morpholine rings is 1. The molecule has 1 fully saturated rings. The van der Waals surface area contributed by atoms with Crippen molar-refractivity contribution in [2.24, 2.45) is 0 Å². The third-order valence-electron chi connectivity index (χ3n) is 4.00. The van der Waals surface area contributed by atoms with Crippen LogP contribution in [0.2, 0.25) is 5.02 Å². The summed E-state index contributed by atoms with van der Waals surface area (Å²) < 4.78 is 10.6. The Bertz CT molecular complexity index is 748. The van der Waals surface area contributed by atoms with Crippen LogP contribution in [0.5, 0.6) is 5.75 Å². The van der Waals surface area contributed by atoms with Crippen molar-refractivity contribution >= 4 is 23.3 Å². The van der Waals surface area contributed by atoms with E-state index in [0.717, 1.165) is 24.5 Å². The quantitative estimate of drug-likeness (QED) is 0.886. The Kier molecular flexibility index (Phi) is 5.73. The molecule has 132 valence electrons. The topological polar surface area (TPSA) is 63.7 Å². The normalized spacial score (nSPS) is 14.2. The molecular formula is C18H20ClN3O3. The molecule has 1 amide bonds. The number of benzene rings is 1. The minimum absolute atomic E-state index is 0.232. The van der Waals surface area contributed by atoms with Crippen molar-refractivity contribution < 1.29 is 14.3 Å². The summed E-state index contributed by atoms with van der Waals surface area (Å²) in [4.78, 5) is 19.0. The summed E-state index contributed by atoms with van der Waals surface area (Å²) in [6.07, 6.45) is 1.76. The van der Waals surface area contributed by atoms with Crippen molar-refractivity contribution in [3.63, 3.8) is 0 Å². The first-order chi connectivity index (χ1) is 12.2. The molecule has 0 unspecified atom stereocenters. The Morgan fingerprint density at radius 3 is 2.88 bits per heavy atom. The fraction of sp³-hybridized carbons (Fsp3) is 0.333. The first-order valence-electron chi connectivity index (χ1n) is 8.07. The number of rotatable bonds is 5. The molecular weight excluding hydrogens is 342 g/mol. The van der Waals surface area contributed by atoms with E-state index in [0.29, 0.717) is 36.1 Å². The maximum absolute atomic E-state index is 12.4. The number of carbonyl (C=O) groups is 1. The van der Waals surface area contributed by atoms with Crippen molar-refractivity contribution in [2.75, 3.05) is 38.3 Å². The van der Waals surface area contributed by atoms with Gasteiger partial charge in [-0.3, -0.25) is 4.79 Å². The highest BCUT2D eigenvalue weighted by Gasteiger charge is 2.14. The number of nitrogens with zero attached hydrogens (tertiary/aromatic N) is 2. The minimum atomic E-state index is -0.232. The van der Waals surface area contributed by atoms with E-state index in [1.807, 2.05) is 12.1 Å². The third-order valence-corrected chi connectivity index (χ3v) is 4.24. The third kappa shape index (κ3) is 4.41. The largest absolute Gasteiger partial charge is 0.496 e. The predicted molar refractivity (Wildman–Crippen MR) is 96.4 cm³/mol. The Labute approximate surface area is 151 Å². The van der Waals surface area contributed by atoms with Gasteiger partial charge in [-0.15, -0.1) is 0 Å². The van der Waals surface area contributed by atoms with Crippen LogP contribution >= 0.6 is 11.6 Å². The number of hydrogen-bond acceptors (Lipinski definition) is 5. The molecule has 0 radical (unpaired) electrons. The average Bonchev–Trinajstić information content (AvgIpc) is 2.67. The molecule has 7 heteroatoms. The Morgan fingerprint density at radius 2 is 2.12 bits per heavy atom. The molecule has 3 rings (SSSR count). The lowest BCUT2D eigenvalue weighted by atomic mass is 10.1. The lowest BCUT2D eigenvalue weighted by Gasteiger charge is -2.28. The molecule has 1 N–H and O–H groups in total. The molecule has 1 aliphatic heterocycles. The maximum Gasteiger partial charge on any atom is 0.255 e. The van der Waals surface area contributed by atoms with Gasteiger partial charge in [0.2, 0.25) is 0 Å². The van der Waals surface area contributed by atoms with Crippen molar-refractivity contribution in [1.29, 1.82) is 0 Å². The second-order valence-corrected chi connectivity index (χ2v) is 6.09. The molecule has 2 aromatic rings. The number of hydrogen-bond donors (Lipinski definition) is 1. The van der Waals surface area contributed by atoms with E-state index >= 15 is 0 Å². The zero-order valence-electron chi connectivity index (χ0n) is 14.0. The molecule has 0 saturated carbocycles. The highest BCUT2D eigenvalue weighted by Crippen LogP contribution is 2.22. The number of pyridine rings is 1. The van der Waals surface area contributed by atoms with Gasteiger partial charge in [0.1, 0.15) is 11.6 Å². The molecule has 1 aromatic carbocycles. The van der Waals surface area contributed by atoms with Crippen LogP contribution in [0.3, 0.4) is 0 Å². The smallest absolute Gasteiger partial charge is 0.255 e. The van der Waals surface area contributed by atoms with Crippen molar-refractivity contribution in [3.8, 4) is 5.75 Å². The zero-order chi connectivity index (χ0) is 17.6. The second-order valence-electron chi connectivity index (χ2n) is 5.65. The van der Waals surface area contributed by atoms with E-state index in [2.05, 4.69) is 15.2 Å². The molecule has 0 aliphatic carbocycles. The van der Waals surface area contributed by atoms with E-state index in [9.17, 15) is 4.79 Å². The van der Waals surface area contributed by atoms with Gasteiger partial charge in [-0.1, -0.05) is 11.6 Å². The van der Waals surface area contributed by atoms with E-state index in [-0.39, 0.29) is 5.91 Å². The number of nitrogens with one attached hydrogen (secondary N) is 1. The van der Waals surface area contributed by atoms with Crippen LogP contribution in [-0.2, 0) is 11.3 Å². The monoisotopic (exact) mass is 361 g/mol. The van der Waals surface area contributed by atoms with Gasteiger partial charge in [0.15, 0.2) is 0 Å². The number of amides is 1. The maximum atomic E-state index is 12.4. The summed E-state index contributed by atoms with van der Waals surface area (Å²) in [5.41, 5.74) is 1.39. The Hall–Kier alpha value is -2.31. The van der Waals surface area contributed by atoms with Crippen LogP contribution in [0.1, 0.15) is 15.9 Å². The van der Waals surface area contributed by atoms with Crippen LogP contribution in [0.25, 0.3) is 0 Å². The van der Waals surface area contributed by atoms with E-state index < -0.39 is 0 Å². The predicted octanol–water partition coefficient (Wildman–Crippen LogP) is 2.51. The van der Waals surface area contributed by atoms with Gasteiger partial charge in [0, 0.05) is 30.9 Å². The van der Waals surface area contributed by atoms with E-state index in [1.165, 1.54) is 7.11 Å². The molecule has 1 saturated heterocycles. The summed E-state index contributed by atoms with van der Waals surface area (Å²) in [5, 5.41) is 3.39. The number of aromatic nitrogens is 1. The van der Waals surface area contributed by atoms with Crippen molar-refractivity contribution in [1.82, 2.24) is 10.3 Å². The molecule has 0 atom stereocenters. The number of anilines is 1. The summed E-state index contributed by atoms with van der Waals surface area (Å²) in [5.74, 6) is 1.16. The summed E-state index contributed by atoms with van der Waals surface area (Å²) in [7, 11) is 1.53. The summed E-state index contributed by atoms with van der Waals surface area (Å²) in [6, 6.07) is 8.84. The van der Waals surface area contributed by atoms with E-state index in [1.54, 1.807) is 24.4 Å². The number of halogens is 1. The summed E-state index contributed by atoms with van der Waals surface area (Å²) in [6.45, 7) is 3.45. The van der Waals surface area contributed by atoms with Gasteiger partial charge in [-0.05, 0) is 35.9 Å². The Morgan fingerprint density at radius 1 is 1.32 bits per heavy atom. The van der Waals surface area contributed by atoms with Gasteiger partial charge in [-0.25, -0.2) is 4.98 Å². The van der Waals surface area contributed by atoms with E-state index in [4.69, 9.17) is 21.1 Å². The van der Waals surface area contributed by atoms with Gasteiger partial charge in [0.05, 0.1) is 25.9 Å². The lowest BCUT2D eigenvalue weighted by Crippen LogP contribution is -2.36. The molecule has 1 aliphatic rings. The van der Waals surface area contributed by atoms with Gasteiger partial charge in [-0.2, -0.15) is 0 Å². The number of carbonyl (C=O) groups excluding carboxylic acids is 1. The van der Waals surface area contributed by atoms with Gasteiger partial charge in [0.25, 0.3) is 5.91 Å². The van der Waals surface area contributed by atoms with Crippen LogP contribution in [0.4, 0.5) is 5.82 Å². The van der Waals surface area contributed by atoms with Crippen LogP contribution in [-0.4, -0.2) is 44.3 Å². The first-order valence-corrected chi connectivity index (χ1v) is 8.44. The molecule has 25 heavy (non-hydrogen) atoms. The molecule has 2 heterocycles. The van der Waals surface area contributed by atoms with Crippen molar-refractivity contribution in [3.05, 3.63) is 52.7 Å². The number of ether oxygens (including phenoxy) is 2. The zero-order valence-corrected chi connectivity index (χ0v) is 14.8. The summed E-state index contributed by atoms with van der Waals surface area (Å²) >= 11 is 5.98. The standard InChI is InChI=1S/C18H20ClN3O3/c1-24-16-3-2-14(19)11-15(16)18(23)21-12-13-4-5-20-17(10-13)22-6-8-25-9-7-22/h2-5,10-11H,6-9,12H2,1H3,(H,21,23). The van der Waals surface area contributed by atoms with Crippen LogP contribution in [0.15, 0.2) is 36.5 Å². The molecule has 6 nitrogen and oxygen atoms in total. The fourth-order valence-electron chi connectivity index (χ4n) is 2.67. The fourth-order valence-corrected chi connectivity index (χ4v) is 2.84.